The molecular formula is C12H16N2O5. The molecule has 104 valence electrons. The third-order valence-electron chi connectivity index (χ3n) is 3.55. The van der Waals surface area contributed by atoms with Gasteiger partial charge in [-0.05, 0) is 26.3 Å². The number of esters is 1. The fourth-order valence-electron chi connectivity index (χ4n) is 2.29. The van der Waals surface area contributed by atoms with E-state index in [9.17, 15) is 14.7 Å². The fraction of sp³-hybridized carbons (Fsp3) is 0.583. The summed E-state index contributed by atoms with van der Waals surface area (Å²) in [6.07, 6.45) is 1.42. The number of carbonyl (C=O) groups is 2. The molecule has 1 N–H and O–H groups in total. The Morgan fingerprint density at radius 1 is 1.63 bits per heavy atom. The van der Waals surface area contributed by atoms with Crippen LogP contribution in [0.15, 0.2) is 10.6 Å². The lowest BCUT2D eigenvalue weighted by Crippen LogP contribution is -2.47. The zero-order valence-corrected chi connectivity index (χ0v) is 10.9. The van der Waals surface area contributed by atoms with Gasteiger partial charge in [-0.3, -0.25) is 9.69 Å². The van der Waals surface area contributed by atoms with Crippen LogP contribution < -0.4 is 0 Å². The van der Waals surface area contributed by atoms with E-state index in [1.165, 1.54) is 13.2 Å². The van der Waals surface area contributed by atoms with Gasteiger partial charge in [0.15, 0.2) is 11.5 Å². The predicted octanol–water partition coefficient (Wildman–Crippen LogP) is 0.900. The molecule has 2 heterocycles. The zero-order valence-electron chi connectivity index (χ0n) is 10.9. The van der Waals surface area contributed by atoms with E-state index in [0.717, 1.165) is 6.42 Å². The van der Waals surface area contributed by atoms with E-state index < -0.39 is 17.5 Å². The van der Waals surface area contributed by atoms with Crippen LogP contribution in [0.2, 0.25) is 0 Å². The maximum absolute atomic E-state index is 11.3. The topological polar surface area (TPSA) is 92.9 Å². The Hall–Kier alpha value is -1.89. The van der Waals surface area contributed by atoms with Crippen molar-refractivity contribution in [2.24, 2.45) is 0 Å². The van der Waals surface area contributed by atoms with Crippen molar-refractivity contribution < 1.29 is 24.0 Å². The molecule has 1 unspecified atom stereocenters. The van der Waals surface area contributed by atoms with Crippen molar-refractivity contribution in [2.45, 2.75) is 31.8 Å². The van der Waals surface area contributed by atoms with Crippen molar-refractivity contribution in [3.63, 3.8) is 0 Å². The van der Waals surface area contributed by atoms with E-state index in [-0.39, 0.29) is 5.69 Å². The highest BCUT2D eigenvalue weighted by Crippen LogP contribution is 2.30. The molecule has 7 heteroatoms. The van der Waals surface area contributed by atoms with Gasteiger partial charge in [0.05, 0.1) is 13.7 Å². The predicted molar refractivity (Wildman–Crippen MR) is 63.5 cm³/mol. The van der Waals surface area contributed by atoms with Gasteiger partial charge in [-0.25, -0.2) is 4.79 Å². The minimum absolute atomic E-state index is 0.0914. The number of methoxy groups -OCH3 is 1. The highest BCUT2D eigenvalue weighted by molar-refractivity contribution is 5.86. The second kappa shape index (κ2) is 5.00. The minimum atomic E-state index is -0.891. The second-order valence-electron chi connectivity index (χ2n) is 4.77. The van der Waals surface area contributed by atoms with Gasteiger partial charge in [-0.1, -0.05) is 5.16 Å². The Morgan fingerprint density at radius 2 is 2.37 bits per heavy atom. The van der Waals surface area contributed by atoms with Gasteiger partial charge in [0.1, 0.15) is 5.54 Å². The van der Waals surface area contributed by atoms with Crippen LogP contribution in [0.5, 0.6) is 0 Å². The number of likely N-dealkylation sites (tertiary alicyclic amines) is 1. The smallest absolute Gasteiger partial charge is 0.360 e. The number of nitrogens with zero attached hydrogens (tertiary/aromatic N) is 2. The molecule has 1 fully saturated rings. The Morgan fingerprint density at radius 3 is 3.00 bits per heavy atom. The van der Waals surface area contributed by atoms with Crippen molar-refractivity contribution >= 4 is 11.9 Å². The first-order valence-electron chi connectivity index (χ1n) is 6.00. The summed E-state index contributed by atoms with van der Waals surface area (Å²) in [7, 11) is 1.26. The molecule has 1 aromatic heterocycles. The molecule has 1 aromatic rings. The number of aliphatic carboxylic acids is 1. The van der Waals surface area contributed by atoms with Gasteiger partial charge in [0.2, 0.25) is 0 Å². The lowest BCUT2D eigenvalue weighted by molar-refractivity contribution is -0.149. The van der Waals surface area contributed by atoms with Crippen LogP contribution in [0.3, 0.4) is 0 Å². The molecule has 1 aliphatic heterocycles. The molecule has 1 saturated heterocycles. The molecule has 0 saturated carbocycles. The van der Waals surface area contributed by atoms with Crippen molar-refractivity contribution in [1.82, 2.24) is 10.1 Å². The second-order valence-corrected chi connectivity index (χ2v) is 4.77. The number of carbonyl (C=O) groups excluding carboxylic acids is 1. The average molecular weight is 268 g/mol. The van der Waals surface area contributed by atoms with E-state index in [2.05, 4.69) is 9.89 Å². The molecule has 7 nitrogen and oxygen atoms in total. The Kier molecular flexibility index (Phi) is 3.57. The largest absolute Gasteiger partial charge is 0.480 e. The quantitative estimate of drug-likeness (QED) is 0.811. The molecule has 2 rings (SSSR count). The lowest BCUT2D eigenvalue weighted by Gasteiger charge is -2.29. The molecule has 1 atom stereocenters. The summed E-state index contributed by atoms with van der Waals surface area (Å²) in [5, 5.41) is 12.9. The number of aromatic nitrogens is 1. The van der Waals surface area contributed by atoms with Crippen LogP contribution in [0.25, 0.3) is 0 Å². The molecule has 19 heavy (non-hydrogen) atoms. The number of carboxylic acids is 1. The zero-order chi connectivity index (χ0) is 14.0. The summed E-state index contributed by atoms with van der Waals surface area (Å²) in [6.45, 7) is 2.68. The van der Waals surface area contributed by atoms with Crippen LogP contribution in [-0.2, 0) is 16.1 Å². The summed E-state index contributed by atoms with van der Waals surface area (Å²) < 4.78 is 9.57. The van der Waals surface area contributed by atoms with Crippen molar-refractivity contribution in [2.75, 3.05) is 13.7 Å². The number of rotatable bonds is 4. The van der Waals surface area contributed by atoms with Gasteiger partial charge >= 0.3 is 11.9 Å². The molecule has 0 aliphatic carbocycles. The van der Waals surface area contributed by atoms with Gasteiger partial charge in [-0.2, -0.15) is 0 Å². The lowest BCUT2D eigenvalue weighted by atomic mass is 9.99. The summed E-state index contributed by atoms with van der Waals surface area (Å²) >= 11 is 0. The van der Waals surface area contributed by atoms with E-state index >= 15 is 0 Å². The third kappa shape index (κ3) is 2.46. The standard InChI is InChI=1S/C12H16N2O5/c1-12(11(16)17)4-3-5-14(12)7-8-6-9(13-19-8)10(15)18-2/h6H,3-5,7H2,1-2H3,(H,16,17). The normalized spacial score (nSPS) is 23.5. The van der Waals surface area contributed by atoms with Crippen LogP contribution in [0, 0.1) is 0 Å². The van der Waals surface area contributed by atoms with E-state index in [1.54, 1.807) is 6.92 Å². The van der Waals surface area contributed by atoms with Gasteiger partial charge < -0.3 is 14.4 Å². The Bertz CT molecular complexity index is 498. The van der Waals surface area contributed by atoms with Crippen molar-refractivity contribution in [3.8, 4) is 0 Å². The van der Waals surface area contributed by atoms with Crippen LogP contribution in [0.1, 0.15) is 36.0 Å². The van der Waals surface area contributed by atoms with Crippen LogP contribution in [0.4, 0.5) is 0 Å². The average Bonchev–Trinajstić information content (AvgIpc) is 2.98. The maximum atomic E-state index is 11.3. The molecule has 0 radical (unpaired) electrons. The van der Waals surface area contributed by atoms with Crippen molar-refractivity contribution in [1.29, 1.82) is 0 Å². The first-order valence-corrected chi connectivity index (χ1v) is 6.00. The first-order chi connectivity index (χ1) is 8.97. The van der Waals surface area contributed by atoms with Crippen molar-refractivity contribution in [3.05, 3.63) is 17.5 Å². The molecule has 0 aromatic carbocycles. The summed E-state index contributed by atoms with van der Waals surface area (Å²) in [5.74, 6) is -0.968. The molecule has 0 amide bonds. The van der Waals surface area contributed by atoms with E-state index in [0.29, 0.717) is 25.3 Å². The SMILES string of the molecule is COC(=O)c1cc(CN2CCCC2(C)C(=O)O)on1. The Labute approximate surface area is 110 Å². The Balaban J connectivity index is 2.11. The highest BCUT2D eigenvalue weighted by atomic mass is 16.5. The number of ether oxygens (including phenoxy) is 1. The highest BCUT2D eigenvalue weighted by Gasteiger charge is 2.43. The molecule has 0 spiro atoms. The van der Waals surface area contributed by atoms with Gasteiger partial charge in [-0.15, -0.1) is 0 Å². The van der Waals surface area contributed by atoms with E-state index in [4.69, 9.17) is 4.52 Å². The number of carboxylic acid groups (broad SMARTS) is 1. The van der Waals surface area contributed by atoms with E-state index in [1.807, 2.05) is 4.90 Å². The summed E-state index contributed by atoms with van der Waals surface area (Å²) in [5.41, 5.74) is -0.799. The molecule has 0 bridgehead atoms. The van der Waals surface area contributed by atoms with Gasteiger partial charge in [0.25, 0.3) is 0 Å². The minimum Gasteiger partial charge on any atom is -0.480 e. The van der Waals surface area contributed by atoms with Crippen LogP contribution >= 0.6 is 0 Å². The third-order valence-corrected chi connectivity index (χ3v) is 3.55. The van der Waals surface area contributed by atoms with Gasteiger partial charge in [0, 0.05) is 6.07 Å². The monoisotopic (exact) mass is 268 g/mol. The number of hydrogen-bond donors (Lipinski definition) is 1. The summed E-state index contributed by atoms with van der Waals surface area (Å²) in [4.78, 5) is 24.4. The first kappa shape index (κ1) is 13.5. The molecular weight excluding hydrogens is 252 g/mol. The fourth-order valence-corrected chi connectivity index (χ4v) is 2.29. The molecule has 1 aliphatic rings. The number of hydrogen-bond acceptors (Lipinski definition) is 6. The summed E-state index contributed by atoms with van der Waals surface area (Å²) in [6, 6.07) is 1.48. The maximum Gasteiger partial charge on any atom is 0.360 e. The van der Waals surface area contributed by atoms with Crippen LogP contribution in [-0.4, -0.2) is 46.3 Å².